The van der Waals surface area contributed by atoms with Gasteiger partial charge >= 0.3 is 24.1 Å². The van der Waals surface area contributed by atoms with E-state index in [9.17, 15) is 54.0 Å². The molecular formula is C93H61Cl3N8O16. The van der Waals surface area contributed by atoms with Gasteiger partial charge in [-0.25, -0.2) is 19.4 Å². The van der Waals surface area contributed by atoms with Gasteiger partial charge in [-0.3, -0.25) is 29.1 Å². The number of hydrogen-bond donors (Lipinski definition) is 9. The van der Waals surface area contributed by atoms with Crippen molar-refractivity contribution in [3.05, 3.63) is 334 Å². The molecule has 0 radical (unpaired) electrons. The molecule has 6 aliphatic rings. The average Bonchev–Trinajstić information content (AvgIpc) is 0.745. The molecule has 3 aromatic heterocycles. The van der Waals surface area contributed by atoms with E-state index in [-0.39, 0.29) is 79.8 Å². The van der Waals surface area contributed by atoms with Crippen LogP contribution in [0, 0.1) is 0 Å². The number of carboxylic acids is 3. The van der Waals surface area contributed by atoms with E-state index in [0.29, 0.717) is 134 Å². The van der Waals surface area contributed by atoms with Crippen LogP contribution in [0.1, 0.15) is 65.2 Å². The molecule has 11 N–H and O–H groups in total. The lowest BCUT2D eigenvalue weighted by molar-refractivity contribution is -0.191. The van der Waals surface area contributed by atoms with Crippen molar-refractivity contribution in [3.63, 3.8) is 0 Å². The number of halogens is 3. The summed E-state index contributed by atoms with van der Waals surface area (Å²) >= 11 is 18.6. The predicted octanol–water partition coefficient (Wildman–Crippen LogP) is 19.7. The molecule has 0 atom stereocenters. The van der Waals surface area contributed by atoms with E-state index < -0.39 is 34.2 Å². The van der Waals surface area contributed by atoms with Crippen LogP contribution in [-0.2, 0) is 29.2 Å². The average molecular weight is 1650 g/mol. The zero-order chi connectivity index (χ0) is 84.3. The smallest absolute Gasteiger partial charge is 0.373 e. The third-order valence-corrected chi connectivity index (χ3v) is 21.1. The second-order valence-corrected chi connectivity index (χ2v) is 28.5. The number of nitrogens with two attached hydrogens (primary N) is 2. The minimum absolute atomic E-state index is 0.00757. The molecule has 0 unspecified atom stereocenters. The summed E-state index contributed by atoms with van der Waals surface area (Å²) in [6.45, 7) is 2.14. The Bertz CT molecular complexity index is 7080. The SMILES string of the molecule is CC(=O)c1ccc2cccc(NCc3c(N)ccc4c(-c5ccccc5C(=O)O)c5cc(Cl)c(=O)cc-5oc34)c2n1.Nc1ccc2c(-c3ccccc3C(=O)O)c3cc(Cl)c(=O)cc-3oc2c1CNc1cccc2cccnc12.O=C(O)c1ccccc1-c1c2cc(Cl)c(=O)cc-2oc2c(CNc3cccc4cccnc34)c(O)ccc12.O=C=O. The van der Waals surface area contributed by atoms with Gasteiger partial charge in [-0.15, -0.1) is 0 Å². The fourth-order valence-electron chi connectivity index (χ4n) is 14.7. The summed E-state index contributed by atoms with van der Waals surface area (Å²) in [6.07, 6.45) is 3.70. The molecule has 0 spiro atoms. The van der Waals surface area contributed by atoms with Gasteiger partial charge in [0, 0.05) is 145 Å². The summed E-state index contributed by atoms with van der Waals surface area (Å²) in [5, 5.41) is 55.4. The Labute approximate surface area is 692 Å². The number of para-hydroxylation sites is 3. The largest absolute Gasteiger partial charge is 0.507 e. The first kappa shape index (κ1) is 79.6. The van der Waals surface area contributed by atoms with Crippen LogP contribution in [0.5, 0.6) is 5.75 Å². The molecule has 18 rings (SSSR count). The summed E-state index contributed by atoms with van der Waals surface area (Å²) in [5.74, 6) is -2.69. The number of Topliss-reactive ketones (excluding diaryl/α,β-unsaturated/α-hetero) is 1. The van der Waals surface area contributed by atoms with Crippen molar-refractivity contribution in [2.24, 2.45) is 0 Å². The van der Waals surface area contributed by atoms with Crippen LogP contribution in [0.15, 0.2) is 277 Å². The molecule has 120 heavy (non-hydrogen) atoms. The third-order valence-electron chi connectivity index (χ3n) is 20.2. The van der Waals surface area contributed by atoms with Crippen LogP contribution in [0.3, 0.4) is 0 Å². The number of aromatic hydroxyl groups is 1. The number of phenolic OH excluding ortho intramolecular Hbond substituents is 1. The number of nitrogen functional groups attached to an aromatic ring is 2. The van der Waals surface area contributed by atoms with Crippen LogP contribution >= 0.6 is 34.8 Å². The number of carbonyl (C=O) groups is 4. The van der Waals surface area contributed by atoms with Gasteiger partial charge in [0.1, 0.15) is 45.5 Å². The Kier molecular flexibility index (Phi) is 22.4. The summed E-state index contributed by atoms with van der Waals surface area (Å²) < 4.78 is 18.8. The molecule has 24 nitrogen and oxygen atoms in total. The molecule has 9 aromatic carbocycles. The number of anilines is 5. The van der Waals surface area contributed by atoms with Gasteiger partial charge in [0.05, 0.1) is 70.9 Å². The second kappa shape index (κ2) is 33.7. The number of ketones is 1. The highest BCUT2D eigenvalue weighted by atomic mass is 35.5. The van der Waals surface area contributed by atoms with Gasteiger partial charge in [0.25, 0.3) is 0 Å². The number of fused-ring (bicyclic) bond motifs is 9. The number of rotatable bonds is 16. The van der Waals surface area contributed by atoms with E-state index in [1.54, 1.807) is 109 Å². The minimum atomic E-state index is -1.10. The molecule has 12 aromatic rings. The molecule has 3 aliphatic carbocycles. The summed E-state index contributed by atoms with van der Waals surface area (Å²) in [7, 11) is 0. The highest BCUT2D eigenvalue weighted by Gasteiger charge is 2.29. The number of aromatic carboxylic acids is 3. The topological polar surface area (TPSA) is 401 Å². The zero-order valence-corrected chi connectivity index (χ0v) is 64.9. The Hall–Kier alpha value is -15.6. The Morgan fingerprint density at radius 3 is 1.11 bits per heavy atom. The number of aromatic nitrogens is 3. The maximum Gasteiger partial charge on any atom is 0.373 e. The lowest BCUT2D eigenvalue weighted by Crippen LogP contribution is -2.08. The van der Waals surface area contributed by atoms with Crippen molar-refractivity contribution in [1.29, 1.82) is 0 Å². The van der Waals surface area contributed by atoms with Gasteiger partial charge in [-0.05, 0) is 126 Å². The van der Waals surface area contributed by atoms with E-state index in [4.69, 9.17) is 69.1 Å². The van der Waals surface area contributed by atoms with Crippen LogP contribution in [0.4, 0.5) is 28.4 Å². The standard InChI is InChI=1S/C32H22ClN3O5.C30H20ClN3O4.C30H19ClN2O5.CO2/c1-16(37)25-12-9-17-5-4-8-26(30(17)36-25)35-15-22-24(34)11-10-20-29(18-6-2-3-7-19(18)32(39)40)21-13-23(33)27(38)14-28(21)41-31(20)22;31-22-13-20-26(14-25(22)35)38-29-19(27(20)17-7-1-2-8-18(17)30(36)37)10-11-23(32)21(29)15-34-24-9-3-5-16-6-4-12-33-28(16)24;31-22-13-20-26(14-25(22)35)38-29-19(27(20)17-7-1-2-8-18(17)30(36)37)10-11-24(34)21(29)15-33-23-9-3-5-16-6-4-12-32-28(16)23;2-1-3/h2-14,35H,15,34H2,1H3,(H,39,40);1-14,34H,15,32H2,(H,36,37);1-14,33-34H,15H2,(H,36,37);. The van der Waals surface area contributed by atoms with E-state index >= 15 is 0 Å². The molecule has 6 heterocycles. The van der Waals surface area contributed by atoms with E-state index in [1.165, 1.54) is 61.5 Å². The van der Waals surface area contributed by atoms with Crippen LogP contribution in [-0.4, -0.2) is 65.2 Å². The molecular weight excluding hydrogens is 1590 g/mol. The van der Waals surface area contributed by atoms with E-state index in [2.05, 4.69) is 30.9 Å². The summed E-state index contributed by atoms with van der Waals surface area (Å²) in [6, 6.07) is 67.1. The molecule has 0 saturated carbocycles. The molecule has 27 heteroatoms. The van der Waals surface area contributed by atoms with Crippen molar-refractivity contribution < 1.29 is 62.4 Å². The highest BCUT2D eigenvalue weighted by Crippen LogP contribution is 2.48. The first-order valence-electron chi connectivity index (χ1n) is 36.6. The van der Waals surface area contributed by atoms with Crippen LogP contribution in [0.25, 0.3) is 133 Å². The maximum absolute atomic E-state index is 12.5. The lowest BCUT2D eigenvalue weighted by Gasteiger charge is -2.20. The molecule has 0 saturated heterocycles. The number of hydrogen-bond acceptors (Lipinski definition) is 21. The van der Waals surface area contributed by atoms with Gasteiger partial charge in [-0.1, -0.05) is 144 Å². The molecule has 0 fully saturated rings. The fourth-order valence-corrected chi connectivity index (χ4v) is 15.1. The Morgan fingerprint density at radius 2 is 0.733 bits per heavy atom. The third kappa shape index (κ3) is 15.5. The van der Waals surface area contributed by atoms with Crippen molar-refractivity contribution >= 4 is 159 Å². The zero-order valence-electron chi connectivity index (χ0n) is 62.6. The quantitative estimate of drug-likeness (QED) is 0.0246. The van der Waals surface area contributed by atoms with Crippen molar-refractivity contribution in [2.45, 2.75) is 26.6 Å². The first-order chi connectivity index (χ1) is 58.0. The molecule has 590 valence electrons. The monoisotopic (exact) mass is 1650 g/mol. The minimum Gasteiger partial charge on any atom is -0.507 e. The molecule has 3 aliphatic heterocycles. The fraction of sp³-hybridized carbons (Fsp3) is 0.0430. The van der Waals surface area contributed by atoms with E-state index in [0.717, 1.165) is 38.6 Å². The summed E-state index contributed by atoms with van der Waals surface area (Å²) in [5.41, 5.74) is 25.1. The van der Waals surface area contributed by atoms with Gasteiger partial charge < -0.3 is 61.1 Å². The lowest BCUT2D eigenvalue weighted by atomic mass is 9.90. The van der Waals surface area contributed by atoms with Crippen LogP contribution < -0.4 is 43.7 Å². The van der Waals surface area contributed by atoms with E-state index in [1.807, 2.05) is 84.9 Å². The van der Waals surface area contributed by atoms with Gasteiger partial charge in [0.2, 0.25) is 16.3 Å². The number of benzene rings is 12. The number of carboxylic acid groups (broad SMARTS) is 3. The van der Waals surface area contributed by atoms with Gasteiger partial charge in [0.15, 0.2) is 5.78 Å². The maximum atomic E-state index is 12.5. The number of carbonyl (C=O) groups excluding carboxylic acids is 3. The molecule has 0 bridgehead atoms. The first-order valence-corrected chi connectivity index (χ1v) is 37.7. The number of nitrogens with one attached hydrogen (secondary N) is 3. The second-order valence-electron chi connectivity index (χ2n) is 27.3. The Balaban J connectivity index is 0.000000138. The van der Waals surface area contributed by atoms with Crippen molar-refractivity contribution in [1.82, 2.24) is 15.0 Å². The van der Waals surface area contributed by atoms with Crippen molar-refractivity contribution in [2.75, 3.05) is 27.4 Å². The number of pyridine rings is 3. The van der Waals surface area contributed by atoms with Gasteiger partial charge in [-0.2, -0.15) is 9.59 Å². The Morgan fingerprint density at radius 1 is 0.400 bits per heavy atom. The highest BCUT2D eigenvalue weighted by molar-refractivity contribution is 6.32. The summed E-state index contributed by atoms with van der Waals surface area (Å²) in [4.78, 5) is 116. The number of nitrogens with zero attached hydrogens (tertiary/aromatic N) is 3. The normalized spacial score (nSPS) is 11.1. The number of phenols is 1. The molecule has 0 amide bonds. The predicted molar refractivity (Wildman–Crippen MR) is 462 cm³/mol. The van der Waals surface area contributed by atoms with Crippen molar-refractivity contribution in [3.8, 4) is 73.1 Å². The van der Waals surface area contributed by atoms with Crippen LogP contribution in [0.2, 0.25) is 15.1 Å².